The molecule has 2 amide bonds. The van der Waals surface area contributed by atoms with Crippen molar-refractivity contribution in [2.45, 2.75) is 39.3 Å². The van der Waals surface area contributed by atoms with Crippen molar-refractivity contribution in [3.05, 3.63) is 23.7 Å². The third-order valence-corrected chi connectivity index (χ3v) is 2.26. The maximum atomic E-state index is 11.6. The summed E-state index contributed by atoms with van der Waals surface area (Å²) in [5.41, 5.74) is -0.797. The predicted octanol–water partition coefficient (Wildman–Crippen LogP) is 1.64. The van der Waals surface area contributed by atoms with Crippen LogP contribution >= 0.6 is 0 Å². The zero-order chi connectivity index (χ0) is 13.8. The number of carboxylic acid groups (broad SMARTS) is 1. The second kappa shape index (κ2) is 5.57. The average Bonchev–Trinajstić information content (AvgIpc) is 2.58. The van der Waals surface area contributed by atoms with Gasteiger partial charge in [-0.05, 0) is 32.9 Å². The molecule has 6 nitrogen and oxygen atoms in total. The van der Waals surface area contributed by atoms with E-state index in [1.165, 1.54) is 0 Å². The molecule has 0 unspecified atom stereocenters. The Morgan fingerprint density at radius 2 is 2.06 bits per heavy atom. The van der Waals surface area contributed by atoms with Crippen LogP contribution in [0, 0.1) is 6.92 Å². The van der Waals surface area contributed by atoms with Crippen LogP contribution in [0.1, 0.15) is 31.8 Å². The molecule has 0 saturated carbocycles. The number of amides is 2. The van der Waals surface area contributed by atoms with Gasteiger partial charge in [-0.1, -0.05) is 0 Å². The molecular weight excluding hydrogens is 236 g/mol. The average molecular weight is 254 g/mol. The van der Waals surface area contributed by atoms with E-state index in [2.05, 4.69) is 10.6 Å². The monoisotopic (exact) mass is 254 g/mol. The second-order valence-corrected chi connectivity index (χ2v) is 4.77. The molecule has 0 saturated heterocycles. The van der Waals surface area contributed by atoms with Gasteiger partial charge in [0, 0.05) is 5.54 Å². The molecular formula is C12H18N2O4. The van der Waals surface area contributed by atoms with E-state index < -0.39 is 17.5 Å². The molecule has 0 aliphatic rings. The van der Waals surface area contributed by atoms with Gasteiger partial charge < -0.3 is 20.2 Å². The maximum Gasteiger partial charge on any atom is 0.315 e. The van der Waals surface area contributed by atoms with Gasteiger partial charge in [0.15, 0.2) is 0 Å². The Bertz CT molecular complexity index is 437. The molecule has 0 aliphatic carbocycles. The molecule has 18 heavy (non-hydrogen) atoms. The lowest BCUT2D eigenvalue weighted by Gasteiger charge is -2.24. The molecule has 0 aromatic carbocycles. The number of furan rings is 1. The Kier molecular flexibility index (Phi) is 4.36. The Labute approximate surface area is 105 Å². The quantitative estimate of drug-likeness (QED) is 0.744. The Balaban J connectivity index is 2.39. The highest BCUT2D eigenvalue weighted by Gasteiger charge is 2.23. The number of aryl methyl sites for hydroxylation is 1. The highest BCUT2D eigenvalue weighted by atomic mass is 16.4. The largest absolute Gasteiger partial charge is 0.481 e. The van der Waals surface area contributed by atoms with E-state index in [0.29, 0.717) is 5.76 Å². The van der Waals surface area contributed by atoms with Gasteiger partial charge >= 0.3 is 12.0 Å². The van der Waals surface area contributed by atoms with E-state index in [0.717, 1.165) is 5.76 Å². The van der Waals surface area contributed by atoms with Gasteiger partial charge in [0.2, 0.25) is 0 Å². The van der Waals surface area contributed by atoms with E-state index in [-0.39, 0.29) is 13.0 Å². The molecule has 0 aliphatic heterocycles. The van der Waals surface area contributed by atoms with Gasteiger partial charge in [0.05, 0.1) is 13.0 Å². The number of aliphatic carboxylic acids is 1. The summed E-state index contributed by atoms with van der Waals surface area (Å²) in [6.45, 7) is 5.39. The second-order valence-electron chi connectivity index (χ2n) is 4.77. The van der Waals surface area contributed by atoms with Crippen LogP contribution in [0.5, 0.6) is 0 Å². The topological polar surface area (TPSA) is 91.6 Å². The number of carbonyl (C=O) groups excluding carboxylic acids is 1. The van der Waals surface area contributed by atoms with Crippen LogP contribution in [0.4, 0.5) is 4.79 Å². The molecule has 0 radical (unpaired) electrons. The molecule has 1 aromatic rings. The van der Waals surface area contributed by atoms with Gasteiger partial charge in [0.1, 0.15) is 11.5 Å². The first-order valence-electron chi connectivity index (χ1n) is 5.62. The summed E-state index contributed by atoms with van der Waals surface area (Å²) >= 11 is 0. The first-order chi connectivity index (χ1) is 8.28. The number of rotatable bonds is 5. The molecule has 1 rings (SSSR count). The summed E-state index contributed by atoms with van der Waals surface area (Å²) in [5.74, 6) is 0.471. The molecule has 0 bridgehead atoms. The SMILES string of the molecule is Cc1ccc(CNC(=O)NC(C)(C)CC(=O)O)o1. The van der Waals surface area contributed by atoms with Gasteiger partial charge in [-0.3, -0.25) is 4.79 Å². The minimum absolute atomic E-state index is 0.139. The van der Waals surface area contributed by atoms with Crippen molar-refractivity contribution in [1.82, 2.24) is 10.6 Å². The molecule has 6 heteroatoms. The third kappa shape index (κ3) is 4.90. The number of carbonyl (C=O) groups is 2. The van der Waals surface area contributed by atoms with Crippen molar-refractivity contribution in [2.24, 2.45) is 0 Å². The minimum atomic E-state index is -0.957. The number of hydrogen-bond acceptors (Lipinski definition) is 3. The first kappa shape index (κ1) is 14.1. The fourth-order valence-electron chi connectivity index (χ4n) is 1.52. The van der Waals surface area contributed by atoms with Crippen LogP contribution in [0.25, 0.3) is 0 Å². The van der Waals surface area contributed by atoms with Crippen molar-refractivity contribution in [3.8, 4) is 0 Å². The smallest absolute Gasteiger partial charge is 0.315 e. The third-order valence-electron chi connectivity index (χ3n) is 2.26. The lowest BCUT2D eigenvalue weighted by Crippen LogP contribution is -2.49. The lowest BCUT2D eigenvalue weighted by molar-refractivity contribution is -0.138. The fraction of sp³-hybridized carbons (Fsp3) is 0.500. The van der Waals surface area contributed by atoms with E-state index in [1.807, 2.05) is 13.0 Å². The van der Waals surface area contributed by atoms with Crippen molar-refractivity contribution in [2.75, 3.05) is 0 Å². The van der Waals surface area contributed by atoms with Crippen LogP contribution in [0.2, 0.25) is 0 Å². The Morgan fingerprint density at radius 3 is 2.56 bits per heavy atom. The van der Waals surface area contributed by atoms with Crippen LogP contribution in [0.15, 0.2) is 16.5 Å². The zero-order valence-corrected chi connectivity index (χ0v) is 10.7. The summed E-state index contributed by atoms with van der Waals surface area (Å²) < 4.78 is 5.29. The molecule has 100 valence electrons. The van der Waals surface area contributed by atoms with Crippen molar-refractivity contribution in [3.63, 3.8) is 0 Å². The summed E-state index contributed by atoms with van der Waals surface area (Å²) in [4.78, 5) is 22.2. The van der Waals surface area contributed by atoms with Crippen molar-refractivity contribution >= 4 is 12.0 Å². The number of nitrogens with one attached hydrogen (secondary N) is 2. The highest BCUT2D eigenvalue weighted by molar-refractivity contribution is 5.76. The fourth-order valence-corrected chi connectivity index (χ4v) is 1.52. The van der Waals surface area contributed by atoms with E-state index in [9.17, 15) is 9.59 Å². The van der Waals surface area contributed by atoms with Crippen LogP contribution < -0.4 is 10.6 Å². The standard InChI is InChI=1S/C12H18N2O4/c1-8-4-5-9(18-8)7-13-11(17)14-12(2,3)6-10(15)16/h4-5H,6-7H2,1-3H3,(H,15,16)(H2,13,14,17). The lowest BCUT2D eigenvalue weighted by atomic mass is 10.0. The van der Waals surface area contributed by atoms with Crippen molar-refractivity contribution < 1.29 is 19.1 Å². The minimum Gasteiger partial charge on any atom is -0.481 e. The van der Waals surface area contributed by atoms with Crippen molar-refractivity contribution in [1.29, 1.82) is 0 Å². The predicted molar refractivity (Wildman–Crippen MR) is 65.1 cm³/mol. The summed E-state index contributed by atoms with van der Waals surface area (Å²) in [5, 5.41) is 13.9. The maximum absolute atomic E-state index is 11.6. The van der Waals surface area contributed by atoms with Gasteiger partial charge in [0.25, 0.3) is 0 Å². The molecule has 3 N–H and O–H groups in total. The van der Waals surface area contributed by atoms with Gasteiger partial charge in [-0.15, -0.1) is 0 Å². The van der Waals surface area contributed by atoms with E-state index in [4.69, 9.17) is 9.52 Å². The molecule has 0 fully saturated rings. The molecule has 1 heterocycles. The first-order valence-corrected chi connectivity index (χ1v) is 5.62. The van der Waals surface area contributed by atoms with Gasteiger partial charge in [-0.25, -0.2) is 4.79 Å². The van der Waals surface area contributed by atoms with Gasteiger partial charge in [-0.2, -0.15) is 0 Å². The number of hydrogen-bond donors (Lipinski definition) is 3. The van der Waals surface area contributed by atoms with E-state index >= 15 is 0 Å². The number of carboxylic acids is 1. The number of urea groups is 1. The Hall–Kier alpha value is -1.98. The highest BCUT2D eigenvalue weighted by Crippen LogP contribution is 2.08. The van der Waals surface area contributed by atoms with Crippen LogP contribution in [0.3, 0.4) is 0 Å². The molecule has 0 atom stereocenters. The molecule has 1 aromatic heterocycles. The van der Waals surface area contributed by atoms with Crippen LogP contribution in [-0.2, 0) is 11.3 Å². The summed E-state index contributed by atoms with van der Waals surface area (Å²) in [7, 11) is 0. The van der Waals surface area contributed by atoms with E-state index in [1.54, 1.807) is 19.9 Å². The molecule has 0 spiro atoms. The summed E-state index contributed by atoms with van der Waals surface area (Å²) in [6.07, 6.45) is -0.139. The Morgan fingerprint density at radius 1 is 1.39 bits per heavy atom. The van der Waals surface area contributed by atoms with Crippen LogP contribution in [-0.4, -0.2) is 22.6 Å². The summed E-state index contributed by atoms with van der Waals surface area (Å²) in [6, 6.07) is 3.16. The zero-order valence-electron chi connectivity index (χ0n) is 10.7. The normalized spacial score (nSPS) is 11.1.